The molecule has 2 atom stereocenters. The van der Waals surface area contributed by atoms with Gasteiger partial charge in [-0.1, -0.05) is 17.7 Å². The van der Waals surface area contributed by atoms with E-state index in [0.29, 0.717) is 10.6 Å². The predicted octanol–water partition coefficient (Wildman–Crippen LogP) is 3.32. The summed E-state index contributed by atoms with van der Waals surface area (Å²) in [5.74, 6) is -0.942. The zero-order chi connectivity index (χ0) is 18.4. The zero-order valence-electron chi connectivity index (χ0n) is 13.4. The van der Waals surface area contributed by atoms with Crippen molar-refractivity contribution in [2.45, 2.75) is 25.5 Å². The van der Waals surface area contributed by atoms with Crippen molar-refractivity contribution in [2.75, 3.05) is 0 Å². The van der Waals surface area contributed by atoms with Crippen LogP contribution in [0.5, 0.6) is 0 Å². The van der Waals surface area contributed by atoms with Crippen LogP contribution in [0.1, 0.15) is 34.6 Å². The van der Waals surface area contributed by atoms with E-state index >= 15 is 0 Å². The van der Waals surface area contributed by atoms with Crippen molar-refractivity contribution in [2.24, 2.45) is 5.73 Å². The van der Waals surface area contributed by atoms with Crippen LogP contribution < -0.4 is 11.1 Å². The van der Waals surface area contributed by atoms with Crippen molar-refractivity contribution >= 4 is 40.7 Å². The second kappa shape index (κ2) is 8.64. The number of thiophene rings is 1. The summed E-state index contributed by atoms with van der Waals surface area (Å²) in [5, 5.41) is 4.84. The van der Waals surface area contributed by atoms with E-state index in [1.54, 1.807) is 36.4 Å². The number of carbonyl (C=O) groups is 3. The Bertz CT molecular complexity index is 747. The average Bonchev–Trinajstić information content (AvgIpc) is 3.08. The smallest absolute Gasteiger partial charge is 0.312 e. The molecule has 0 bridgehead atoms. The molecule has 0 saturated carbocycles. The second-order valence-electron chi connectivity index (χ2n) is 5.28. The highest BCUT2D eigenvalue weighted by molar-refractivity contribution is 7.10. The largest absolute Gasteiger partial charge is 0.454 e. The van der Waals surface area contributed by atoms with Crippen LogP contribution in [0, 0.1) is 0 Å². The Morgan fingerprint density at radius 3 is 2.48 bits per heavy atom. The molecule has 0 aliphatic rings. The predicted molar refractivity (Wildman–Crippen MR) is 95.7 cm³/mol. The highest BCUT2D eigenvalue weighted by atomic mass is 35.5. The van der Waals surface area contributed by atoms with Gasteiger partial charge in [-0.15, -0.1) is 11.3 Å². The van der Waals surface area contributed by atoms with Crippen molar-refractivity contribution in [3.63, 3.8) is 0 Å². The van der Waals surface area contributed by atoms with Gasteiger partial charge in [-0.3, -0.25) is 9.59 Å². The highest BCUT2D eigenvalue weighted by Crippen LogP contribution is 2.23. The summed E-state index contributed by atoms with van der Waals surface area (Å²) in [6.07, 6.45) is -1.08. The van der Waals surface area contributed by atoms with Crippen LogP contribution in [0.25, 0.3) is 0 Å². The minimum Gasteiger partial charge on any atom is -0.454 e. The lowest BCUT2D eigenvalue weighted by molar-refractivity contribution is -0.146. The van der Waals surface area contributed by atoms with E-state index in [0.717, 1.165) is 4.88 Å². The first-order chi connectivity index (χ1) is 11.9. The molecule has 0 saturated heterocycles. The number of benzene rings is 1. The number of halogens is 1. The van der Waals surface area contributed by atoms with Crippen molar-refractivity contribution < 1.29 is 19.1 Å². The van der Waals surface area contributed by atoms with E-state index in [-0.39, 0.29) is 12.2 Å². The minimum absolute atomic E-state index is 0.123. The molecule has 0 unspecified atom stereocenters. The molecule has 1 aromatic carbocycles. The third-order valence-corrected chi connectivity index (χ3v) is 4.62. The van der Waals surface area contributed by atoms with E-state index in [1.807, 2.05) is 5.38 Å². The lowest BCUT2D eigenvalue weighted by Crippen LogP contribution is -2.35. The number of hydrogen-bond donors (Lipinski definition) is 2. The van der Waals surface area contributed by atoms with Crippen molar-refractivity contribution in [3.8, 4) is 0 Å². The zero-order valence-corrected chi connectivity index (χ0v) is 15.0. The van der Waals surface area contributed by atoms with Gasteiger partial charge >= 0.3 is 12.0 Å². The Morgan fingerprint density at radius 1 is 1.24 bits per heavy atom. The molecule has 1 heterocycles. The van der Waals surface area contributed by atoms with Crippen LogP contribution in [0.2, 0.25) is 5.02 Å². The summed E-state index contributed by atoms with van der Waals surface area (Å²) >= 11 is 7.17. The summed E-state index contributed by atoms with van der Waals surface area (Å²) < 4.78 is 5.20. The molecule has 0 spiro atoms. The molecule has 0 aliphatic carbocycles. The van der Waals surface area contributed by atoms with Gasteiger partial charge < -0.3 is 15.8 Å². The number of ether oxygens (including phenoxy) is 1. The molecule has 0 radical (unpaired) electrons. The van der Waals surface area contributed by atoms with E-state index in [2.05, 4.69) is 5.32 Å². The number of nitrogens with two attached hydrogens (primary N) is 1. The second-order valence-corrected chi connectivity index (χ2v) is 6.70. The molecule has 25 heavy (non-hydrogen) atoms. The number of amides is 2. The molecular weight excluding hydrogens is 364 g/mol. The fourth-order valence-corrected chi connectivity index (χ4v) is 3.10. The number of nitrogens with one attached hydrogen (secondary N) is 1. The normalized spacial score (nSPS) is 12.9. The monoisotopic (exact) mass is 380 g/mol. The van der Waals surface area contributed by atoms with Crippen molar-refractivity contribution in [1.82, 2.24) is 5.32 Å². The van der Waals surface area contributed by atoms with Gasteiger partial charge in [0.15, 0.2) is 6.10 Å². The van der Waals surface area contributed by atoms with Gasteiger partial charge in [-0.05, 0) is 42.6 Å². The van der Waals surface area contributed by atoms with Gasteiger partial charge in [-0.2, -0.15) is 0 Å². The first kappa shape index (κ1) is 19.0. The van der Waals surface area contributed by atoms with Gasteiger partial charge in [0.2, 0.25) is 5.78 Å². The Kier molecular flexibility index (Phi) is 6.55. The van der Waals surface area contributed by atoms with Gasteiger partial charge in [0, 0.05) is 15.5 Å². The topological polar surface area (TPSA) is 98.5 Å². The van der Waals surface area contributed by atoms with Gasteiger partial charge in [0.25, 0.3) is 0 Å². The van der Waals surface area contributed by atoms with Crippen LogP contribution in [0.3, 0.4) is 0 Å². The summed E-state index contributed by atoms with van der Waals surface area (Å²) in [6, 6.07) is 8.56. The van der Waals surface area contributed by atoms with Crippen LogP contribution in [0.15, 0.2) is 41.8 Å². The van der Waals surface area contributed by atoms with Crippen LogP contribution in [-0.4, -0.2) is 23.9 Å². The van der Waals surface area contributed by atoms with Crippen molar-refractivity contribution in [1.29, 1.82) is 0 Å². The fourth-order valence-electron chi connectivity index (χ4n) is 2.20. The third-order valence-electron chi connectivity index (χ3n) is 3.38. The number of primary amides is 1. The lowest BCUT2D eigenvalue weighted by Gasteiger charge is -2.17. The van der Waals surface area contributed by atoms with E-state index in [1.165, 1.54) is 18.3 Å². The standard InChI is InChI=1S/C17H17ClN2O4S/c1-10(16(22)11-4-6-12(18)7-5-11)24-15(21)9-13(20-17(19)23)14-3-2-8-25-14/h2-8,10,13H,9H2,1H3,(H3,19,20,23)/t10-,13+/m0/s1. The molecule has 132 valence electrons. The van der Waals surface area contributed by atoms with Gasteiger partial charge in [0.05, 0.1) is 12.5 Å². The Morgan fingerprint density at radius 2 is 1.92 bits per heavy atom. The first-order valence-corrected chi connectivity index (χ1v) is 8.71. The lowest BCUT2D eigenvalue weighted by atomic mass is 10.1. The molecule has 0 fully saturated rings. The summed E-state index contributed by atoms with van der Waals surface area (Å²) in [6.45, 7) is 1.50. The number of urea groups is 1. The van der Waals surface area contributed by atoms with E-state index in [9.17, 15) is 14.4 Å². The van der Waals surface area contributed by atoms with E-state index < -0.39 is 24.1 Å². The molecule has 3 N–H and O–H groups in total. The van der Waals surface area contributed by atoms with Crippen LogP contribution >= 0.6 is 22.9 Å². The maximum absolute atomic E-state index is 12.3. The number of Topliss-reactive ketones (excluding diaryl/α,β-unsaturated/α-hetero) is 1. The number of carbonyl (C=O) groups excluding carboxylic acids is 3. The van der Waals surface area contributed by atoms with Crippen molar-refractivity contribution in [3.05, 3.63) is 57.2 Å². The van der Waals surface area contributed by atoms with Gasteiger partial charge in [-0.25, -0.2) is 4.79 Å². The molecular formula is C17H17ClN2O4S. The maximum Gasteiger partial charge on any atom is 0.312 e. The molecule has 2 amide bonds. The Labute approximate surface area is 153 Å². The third kappa shape index (κ3) is 5.58. The molecule has 8 heteroatoms. The fraction of sp³-hybridized carbons (Fsp3) is 0.235. The SMILES string of the molecule is C[C@H](OC(=O)C[C@@H](NC(N)=O)c1cccs1)C(=O)c1ccc(Cl)cc1. The number of esters is 1. The molecule has 2 aromatic rings. The minimum atomic E-state index is -0.953. The van der Waals surface area contributed by atoms with Crippen LogP contribution in [0.4, 0.5) is 4.79 Å². The summed E-state index contributed by atoms with van der Waals surface area (Å²) in [5.41, 5.74) is 5.55. The Hall–Kier alpha value is -2.38. The first-order valence-electron chi connectivity index (χ1n) is 7.45. The number of ketones is 1. The molecule has 0 aliphatic heterocycles. The quantitative estimate of drug-likeness (QED) is 0.568. The summed E-state index contributed by atoms with van der Waals surface area (Å²) in [7, 11) is 0. The van der Waals surface area contributed by atoms with Crippen LogP contribution in [-0.2, 0) is 9.53 Å². The maximum atomic E-state index is 12.3. The molecule has 6 nitrogen and oxygen atoms in total. The number of rotatable bonds is 7. The average molecular weight is 381 g/mol. The van der Waals surface area contributed by atoms with E-state index in [4.69, 9.17) is 22.1 Å². The number of hydrogen-bond acceptors (Lipinski definition) is 5. The summed E-state index contributed by atoms with van der Waals surface area (Å²) in [4.78, 5) is 36.3. The Balaban J connectivity index is 1.98. The highest BCUT2D eigenvalue weighted by Gasteiger charge is 2.23. The van der Waals surface area contributed by atoms with Gasteiger partial charge in [0.1, 0.15) is 0 Å². The molecule has 1 aromatic heterocycles. The molecule has 2 rings (SSSR count).